The lowest BCUT2D eigenvalue weighted by molar-refractivity contribution is -0.257. The van der Waals surface area contributed by atoms with E-state index in [-0.39, 0.29) is 23.2 Å². The first-order valence-corrected chi connectivity index (χ1v) is 9.96. The van der Waals surface area contributed by atoms with Crippen molar-refractivity contribution >= 4 is 27.0 Å². The van der Waals surface area contributed by atoms with Gasteiger partial charge in [-0.25, -0.2) is 8.42 Å². The van der Waals surface area contributed by atoms with E-state index in [0.29, 0.717) is 16.5 Å². The number of aryl methyl sites for hydroxylation is 1. The number of carbonyl (C=O) groups excluding carboxylic acids is 1. The first-order valence-electron chi connectivity index (χ1n) is 8.52. The first-order chi connectivity index (χ1) is 12.7. The minimum Gasteiger partial charge on any atom is -0.542 e. The molecule has 3 rings (SSSR count). The molecule has 0 radical (unpaired) electrons. The number of nitrogens with zero attached hydrogens (tertiary/aromatic N) is 1. The summed E-state index contributed by atoms with van der Waals surface area (Å²) in [4.78, 5) is 11.2. The average Bonchev–Trinajstić information content (AvgIpc) is 2.97. The molecule has 142 valence electrons. The largest absolute Gasteiger partial charge is 0.542 e. The van der Waals surface area contributed by atoms with Crippen molar-refractivity contribution < 1.29 is 22.7 Å². The molecule has 3 aromatic rings. The van der Waals surface area contributed by atoms with Crippen molar-refractivity contribution in [1.82, 2.24) is 4.31 Å². The topological polar surface area (TPSA) is 90.6 Å². The molecular formula is C20H20NO5S-. The molecule has 1 heterocycles. The molecule has 0 aliphatic heterocycles. The van der Waals surface area contributed by atoms with Crippen molar-refractivity contribution in [2.75, 3.05) is 0 Å². The van der Waals surface area contributed by atoms with Crippen LogP contribution in [0.25, 0.3) is 11.0 Å². The predicted molar refractivity (Wildman–Crippen MR) is 99.6 cm³/mol. The number of carboxylic acids is 1. The van der Waals surface area contributed by atoms with E-state index in [2.05, 4.69) is 0 Å². The van der Waals surface area contributed by atoms with Crippen LogP contribution in [0.4, 0.5) is 0 Å². The summed E-state index contributed by atoms with van der Waals surface area (Å²) in [6, 6.07) is 13.5. The molecule has 0 amide bonds. The third-order valence-corrected chi connectivity index (χ3v) is 6.47. The summed E-state index contributed by atoms with van der Waals surface area (Å²) >= 11 is 0. The van der Waals surface area contributed by atoms with Crippen molar-refractivity contribution in [3.05, 3.63) is 65.4 Å². The van der Waals surface area contributed by atoms with Crippen LogP contribution in [-0.4, -0.2) is 24.7 Å². The minimum atomic E-state index is -3.79. The molecular weight excluding hydrogens is 366 g/mol. The molecule has 0 bridgehead atoms. The number of benzene rings is 2. The SMILES string of the molecule is Cc1c(C(=O)[O-])oc2ccc(S(=O)(=O)N(Cc3ccccc3)C(C)C)cc12. The zero-order valence-electron chi connectivity index (χ0n) is 15.3. The van der Waals surface area contributed by atoms with E-state index >= 15 is 0 Å². The van der Waals surface area contributed by atoms with E-state index in [1.807, 2.05) is 44.2 Å². The van der Waals surface area contributed by atoms with Gasteiger partial charge in [0.05, 0.1) is 4.90 Å². The Bertz CT molecular complexity index is 1080. The fourth-order valence-corrected chi connectivity index (χ4v) is 4.65. The van der Waals surface area contributed by atoms with Crippen molar-refractivity contribution in [3.63, 3.8) is 0 Å². The van der Waals surface area contributed by atoms with Gasteiger partial charge in [-0.2, -0.15) is 4.31 Å². The van der Waals surface area contributed by atoms with Gasteiger partial charge in [-0.3, -0.25) is 0 Å². The van der Waals surface area contributed by atoms with Crippen LogP contribution >= 0.6 is 0 Å². The zero-order valence-corrected chi connectivity index (χ0v) is 16.1. The standard InChI is InChI=1S/C20H21NO5S/c1-13(2)21(12-15-7-5-4-6-8-15)27(24,25)16-9-10-18-17(11-16)14(3)19(26-18)20(22)23/h4-11,13H,12H2,1-3H3,(H,22,23)/p-1. The second-order valence-electron chi connectivity index (χ2n) is 6.63. The highest BCUT2D eigenvalue weighted by atomic mass is 32.2. The maximum Gasteiger partial charge on any atom is 0.243 e. The summed E-state index contributed by atoms with van der Waals surface area (Å²) in [7, 11) is -3.79. The van der Waals surface area contributed by atoms with Gasteiger partial charge in [-0.15, -0.1) is 0 Å². The average molecular weight is 386 g/mol. The van der Waals surface area contributed by atoms with Gasteiger partial charge in [0.25, 0.3) is 0 Å². The number of carbonyl (C=O) groups is 1. The van der Waals surface area contributed by atoms with Gasteiger partial charge < -0.3 is 14.3 Å². The Kier molecular flexibility index (Phi) is 5.08. The number of rotatable bonds is 6. The monoisotopic (exact) mass is 386 g/mol. The summed E-state index contributed by atoms with van der Waals surface area (Å²) in [6.07, 6.45) is 0. The minimum absolute atomic E-state index is 0.0911. The van der Waals surface area contributed by atoms with Crippen LogP contribution in [0.15, 0.2) is 57.8 Å². The van der Waals surface area contributed by atoms with Crippen LogP contribution in [0.5, 0.6) is 0 Å². The lowest BCUT2D eigenvalue weighted by Gasteiger charge is -2.26. The Morgan fingerprint density at radius 3 is 2.41 bits per heavy atom. The number of furan rings is 1. The zero-order chi connectivity index (χ0) is 19.8. The summed E-state index contributed by atoms with van der Waals surface area (Å²) in [6.45, 7) is 5.44. The highest BCUT2D eigenvalue weighted by molar-refractivity contribution is 7.89. The van der Waals surface area contributed by atoms with Crippen LogP contribution in [0.1, 0.15) is 35.5 Å². The molecule has 0 fully saturated rings. The van der Waals surface area contributed by atoms with E-state index in [1.54, 1.807) is 6.92 Å². The Hall–Kier alpha value is -2.64. The van der Waals surface area contributed by atoms with Crippen molar-refractivity contribution in [2.45, 2.75) is 38.3 Å². The Labute approximate surface area is 158 Å². The third-order valence-electron chi connectivity index (χ3n) is 4.46. The highest BCUT2D eigenvalue weighted by Gasteiger charge is 2.28. The highest BCUT2D eigenvalue weighted by Crippen LogP contribution is 2.29. The van der Waals surface area contributed by atoms with Gasteiger partial charge >= 0.3 is 0 Å². The van der Waals surface area contributed by atoms with Gasteiger partial charge in [0.1, 0.15) is 11.6 Å². The molecule has 0 atom stereocenters. The number of hydrogen-bond donors (Lipinski definition) is 0. The van der Waals surface area contributed by atoms with E-state index in [1.165, 1.54) is 22.5 Å². The number of fused-ring (bicyclic) bond motifs is 1. The molecule has 7 heteroatoms. The van der Waals surface area contributed by atoms with Crippen LogP contribution < -0.4 is 5.11 Å². The Balaban J connectivity index is 2.06. The molecule has 1 aromatic heterocycles. The number of hydrogen-bond acceptors (Lipinski definition) is 5. The van der Waals surface area contributed by atoms with Gasteiger partial charge in [-0.1, -0.05) is 30.3 Å². The Morgan fingerprint density at radius 1 is 1.15 bits per heavy atom. The molecule has 0 saturated heterocycles. The van der Waals surface area contributed by atoms with Gasteiger partial charge in [-0.05, 0) is 44.5 Å². The third kappa shape index (κ3) is 3.61. The van der Waals surface area contributed by atoms with Crippen molar-refractivity contribution in [3.8, 4) is 0 Å². The fraction of sp³-hybridized carbons (Fsp3) is 0.250. The molecule has 0 unspecified atom stereocenters. The lowest BCUT2D eigenvalue weighted by Crippen LogP contribution is -2.36. The number of carboxylic acid groups (broad SMARTS) is 1. The van der Waals surface area contributed by atoms with Crippen LogP contribution in [-0.2, 0) is 16.6 Å². The van der Waals surface area contributed by atoms with Gasteiger partial charge in [0, 0.05) is 23.5 Å². The summed E-state index contributed by atoms with van der Waals surface area (Å²) in [5.74, 6) is -1.72. The molecule has 6 nitrogen and oxygen atoms in total. The second kappa shape index (κ2) is 7.17. The maximum absolute atomic E-state index is 13.2. The fourth-order valence-electron chi connectivity index (χ4n) is 3.00. The summed E-state index contributed by atoms with van der Waals surface area (Å²) < 4.78 is 33.2. The predicted octanol–water partition coefficient (Wildman–Crippen LogP) is 2.70. The number of aromatic carboxylic acids is 1. The molecule has 27 heavy (non-hydrogen) atoms. The van der Waals surface area contributed by atoms with E-state index in [4.69, 9.17) is 4.42 Å². The molecule has 0 N–H and O–H groups in total. The van der Waals surface area contributed by atoms with Crippen LogP contribution in [0.2, 0.25) is 0 Å². The van der Waals surface area contributed by atoms with Gasteiger partial charge in [0.15, 0.2) is 5.76 Å². The Morgan fingerprint density at radius 2 is 1.81 bits per heavy atom. The second-order valence-corrected chi connectivity index (χ2v) is 8.52. The molecule has 0 saturated carbocycles. The molecule has 0 aliphatic rings. The van der Waals surface area contributed by atoms with Crippen molar-refractivity contribution in [1.29, 1.82) is 0 Å². The van der Waals surface area contributed by atoms with E-state index in [0.717, 1.165) is 5.56 Å². The normalized spacial score (nSPS) is 12.2. The van der Waals surface area contributed by atoms with Crippen LogP contribution in [0, 0.1) is 6.92 Å². The van der Waals surface area contributed by atoms with Gasteiger partial charge in [0.2, 0.25) is 10.0 Å². The summed E-state index contributed by atoms with van der Waals surface area (Å²) in [5.41, 5.74) is 1.54. The smallest absolute Gasteiger partial charge is 0.243 e. The maximum atomic E-state index is 13.2. The molecule has 2 aromatic carbocycles. The lowest BCUT2D eigenvalue weighted by atomic mass is 10.1. The van der Waals surface area contributed by atoms with E-state index < -0.39 is 16.0 Å². The van der Waals surface area contributed by atoms with E-state index in [9.17, 15) is 18.3 Å². The van der Waals surface area contributed by atoms with Crippen molar-refractivity contribution in [2.24, 2.45) is 0 Å². The molecule has 0 spiro atoms. The molecule has 0 aliphatic carbocycles. The summed E-state index contributed by atoms with van der Waals surface area (Å²) in [5, 5.41) is 11.6. The quantitative estimate of drug-likeness (QED) is 0.650. The number of sulfonamides is 1. The first kappa shape index (κ1) is 19.1. The van der Waals surface area contributed by atoms with Crippen LogP contribution in [0.3, 0.4) is 0 Å².